The summed E-state index contributed by atoms with van der Waals surface area (Å²) in [5, 5.41) is 0. The standard InChI is InChI=1S/C12H10B.HN3/c1-3-7-11(8-4-1)13-12-9-5-2-6-10-12;1-3-2/h1-10H;1H. The minimum atomic E-state index is 1.24. The van der Waals surface area contributed by atoms with Crippen LogP contribution in [0.1, 0.15) is 0 Å². The Morgan fingerprint density at radius 1 is 0.812 bits per heavy atom. The van der Waals surface area contributed by atoms with Crippen molar-refractivity contribution in [2.24, 2.45) is 0 Å². The zero-order chi connectivity index (χ0) is 11.6. The monoisotopic (exact) mass is 208 g/mol. The highest BCUT2D eigenvalue weighted by molar-refractivity contribution is 6.67. The first-order valence-corrected chi connectivity index (χ1v) is 4.82. The third-order valence-corrected chi connectivity index (χ3v) is 1.93. The molecule has 0 aromatic heterocycles. The van der Waals surface area contributed by atoms with E-state index in [1.165, 1.54) is 10.9 Å². The molecule has 16 heavy (non-hydrogen) atoms. The Morgan fingerprint density at radius 2 is 1.12 bits per heavy atom. The molecule has 4 heteroatoms. The lowest BCUT2D eigenvalue weighted by atomic mass is 9.64. The highest BCUT2D eigenvalue weighted by atomic mass is 15.0. The first kappa shape index (κ1) is 11.9. The number of hydrogen-bond donors (Lipinski definition) is 1. The fourth-order valence-corrected chi connectivity index (χ4v) is 1.29. The molecule has 0 bridgehead atoms. The predicted octanol–water partition coefficient (Wildman–Crippen LogP) is 2.22. The highest BCUT2D eigenvalue weighted by Gasteiger charge is 1.95. The predicted molar refractivity (Wildman–Crippen MR) is 67.3 cm³/mol. The summed E-state index contributed by atoms with van der Waals surface area (Å²) in [6.07, 6.45) is 0. The lowest BCUT2D eigenvalue weighted by Crippen LogP contribution is -2.26. The minimum absolute atomic E-state index is 1.24. The maximum absolute atomic E-state index is 6.86. The van der Waals surface area contributed by atoms with Gasteiger partial charge in [0.15, 0.2) is 7.28 Å². The van der Waals surface area contributed by atoms with Gasteiger partial charge in [-0.2, -0.15) is 0 Å². The van der Waals surface area contributed by atoms with Crippen LogP contribution in [-0.2, 0) is 0 Å². The molecular weight excluding hydrogens is 197 g/mol. The Balaban J connectivity index is 0.000000386. The van der Waals surface area contributed by atoms with Crippen LogP contribution in [0.2, 0.25) is 0 Å². The van der Waals surface area contributed by atoms with E-state index in [-0.39, 0.29) is 0 Å². The normalized spacial score (nSPS) is 8.25. The van der Waals surface area contributed by atoms with Gasteiger partial charge in [0.25, 0.3) is 0 Å². The molecule has 0 spiro atoms. The summed E-state index contributed by atoms with van der Waals surface area (Å²) in [5.74, 6) is 0. The Kier molecular flexibility index (Phi) is 5.31. The molecule has 77 valence electrons. The molecule has 0 heterocycles. The van der Waals surface area contributed by atoms with Gasteiger partial charge in [0.1, 0.15) is 0 Å². The van der Waals surface area contributed by atoms with Crippen LogP contribution in [0.15, 0.2) is 60.7 Å². The Labute approximate surface area is 95.4 Å². The average molecular weight is 208 g/mol. The van der Waals surface area contributed by atoms with E-state index >= 15 is 0 Å². The average Bonchev–Trinajstić information content (AvgIpc) is 2.33. The fourth-order valence-electron chi connectivity index (χ4n) is 1.29. The molecule has 0 unspecified atom stereocenters. The molecule has 0 saturated heterocycles. The van der Waals surface area contributed by atoms with Crippen molar-refractivity contribution in [3.63, 3.8) is 0 Å². The molecule has 1 radical (unpaired) electrons. The molecule has 1 N–H and O–H groups in total. The summed E-state index contributed by atoms with van der Waals surface area (Å²) in [7, 11) is 2.17. The summed E-state index contributed by atoms with van der Waals surface area (Å²) < 4.78 is 0. The van der Waals surface area contributed by atoms with E-state index in [1.807, 2.05) is 12.1 Å². The second-order valence-electron chi connectivity index (χ2n) is 3.07. The Morgan fingerprint density at radius 3 is 1.44 bits per heavy atom. The second kappa shape index (κ2) is 7.15. The molecule has 0 aliphatic heterocycles. The quantitative estimate of drug-likeness (QED) is 0.340. The fraction of sp³-hybridized carbons (Fsp3) is 0. The van der Waals surface area contributed by atoms with Crippen LogP contribution in [-0.4, -0.2) is 7.28 Å². The van der Waals surface area contributed by atoms with Gasteiger partial charge in [-0.25, -0.2) is 0 Å². The van der Waals surface area contributed by atoms with E-state index in [1.54, 1.807) is 4.91 Å². The molecule has 0 amide bonds. The minimum Gasteiger partial charge on any atom is -0.108 e. The molecule has 0 atom stereocenters. The van der Waals surface area contributed by atoms with E-state index in [0.29, 0.717) is 0 Å². The number of nitrogens with zero attached hydrogens (tertiary/aromatic N) is 2. The molecular formula is C12H11BN3. The van der Waals surface area contributed by atoms with Crippen LogP contribution in [0, 0.1) is 5.53 Å². The lowest BCUT2D eigenvalue weighted by molar-refractivity contribution is 1.45. The van der Waals surface area contributed by atoms with Gasteiger partial charge in [-0.3, -0.25) is 0 Å². The van der Waals surface area contributed by atoms with Crippen molar-refractivity contribution in [2.45, 2.75) is 0 Å². The second-order valence-corrected chi connectivity index (χ2v) is 3.07. The van der Waals surface area contributed by atoms with Gasteiger partial charge in [-0.05, 0) is 10.4 Å². The molecule has 0 fully saturated rings. The van der Waals surface area contributed by atoms with Gasteiger partial charge in [-0.15, -0.1) is 5.53 Å². The third-order valence-electron chi connectivity index (χ3n) is 1.93. The summed E-state index contributed by atoms with van der Waals surface area (Å²) >= 11 is 0. The summed E-state index contributed by atoms with van der Waals surface area (Å²) in [6, 6.07) is 20.7. The maximum Gasteiger partial charge on any atom is 0.191 e. The van der Waals surface area contributed by atoms with E-state index in [2.05, 4.69) is 55.8 Å². The number of nitrogens with one attached hydrogen (secondary N) is 1. The number of hydrogen-bond acceptors (Lipinski definition) is 1. The van der Waals surface area contributed by atoms with E-state index < -0.39 is 0 Å². The van der Waals surface area contributed by atoms with Crippen molar-refractivity contribution >= 4 is 18.2 Å². The SMILES string of the molecule is [B](c1ccccc1)c1ccccc1.[N-]=[N+]=N. The Bertz CT molecular complexity index is 399. The van der Waals surface area contributed by atoms with Gasteiger partial charge in [0.05, 0.1) is 0 Å². The van der Waals surface area contributed by atoms with Crippen LogP contribution in [0.5, 0.6) is 0 Å². The van der Waals surface area contributed by atoms with Gasteiger partial charge in [-0.1, -0.05) is 71.6 Å². The molecule has 2 rings (SSSR count). The number of benzene rings is 2. The molecule has 0 aliphatic rings. The van der Waals surface area contributed by atoms with Crippen LogP contribution >= 0.6 is 0 Å². The Hall–Kier alpha value is -2.19. The number of rotatable bonds is 2. The first-order chi connectivity index (χ1) is 7.86. The molecule has 2 aromatic carbocycles. The van der Waals surface area contributed by atoms with E-state index in [4.69, 9.17) is 11.1 Å². The van der Waals surface area contributed by atoms with Gasteiger partial charge < -0.3 is 0 Å². The molecule has 0 saturated carbocycles. The van der Waals surface area contributed by atoms with Gasteiger partial charge in [0, 0.05) is 0 Å². The summed E-state index contributed by atoms with van der Waals surface area (Å²) in [6.45, 7) is 0. The summed E-state index contributed by atoms with van der Waals surface area (Å²) in [4.78, 5) is 1.75. The first-order valence-electron chi connectivity index (χ1n) is 4.82. The smallest absolute Gasteiger partial charge is 0.108 e. The van der Waals surface area contributed by atoms with Crippen LogP contribution in [0.4, 0.5) is 0 Å². The van der Waals surface area contributed by atoms with Gasteiger partial charge >= 0.3 is 0 Å². The molecule has 3 nitrogen and oxygen atoms in total. The molecule has 2 aromatic rings. The van der Waals surface area contributed by atoms with Gasteiger partial charge in [0.2, 0.25) is 0 Å². The van der Waals surface area contributed by atoms with Crippen molar-refractivity contribution in [3.05, 3.63) is 71.1 Å². The van der Waals surface area contributed by atoms with Crippen molar-refractivity contribution in [1.29, 1.82) is 5.53 Å². The lowest BCUT2D eigenvalue weighted by Gasteiger charge is -1.98. The largest absolute Gasteiger partial charge is 0.191 e. The van der Waals surface area contributed by atoms with Crippen molar-refractivity contribution in [1.82, 2.24) is 0 Å². The third kappa shape index (κ3) is 4.35. The van der Waals surface area contributed by atoms with E-state index in [9.17, 15) is 0 Å². The molecule has 0 aliphatic carbocycles. The maximum atomic E-state index is 6.86. The van der Waals surface area contributed by atoms with Crippen molar-refractivity contribution < 1.29 is 0 Å². The van der Waals surface area contributed by atoms with E-state index in [0.717, 1.165) is 0 Å². The topological polar surface area (TPSA) is 60.3 Å². The van der Waals surface area contributed by atoms with Crippen LogP contribution in [0.25, 0.3) is 10.4 Å². The zero-order valence-electron chi connectivity index (χ0n) is 8.75. The zero-order valence-corrected chi connectivity index (χ0v) is 8.75. The van der Waals surface area contributed by atoms with Crippen molar-refractivity contribution in [3.8, 4) is 0 Å². The highest BCUT2D eigenvalue weighted by Crippen LogP contribution is 1.84. The van der Waals surface area contributed by atoms with Crippen LogP contribution in [0.3, 0.4) is 0 Å². The van der Waals surface area contributed by atoms with Crippen LogP contribution < -0.4 is 10.9 Å². The summed E-state index contributed by atoms with van der Waals surface area (Å²) in [5.41, 5.74) is 14.7. The van der Waals surface area contributed by atoms with Crippen molar-refractivity contribution in [2.75, 3.05) is 0 Å².